The number of hydrogen-bond donors (Lipinski definition) is 1. The molecule has 0 aliphatic heterocycles. The van der Waals surface area contributed by atoms with Crippen molar-refractivity contribution in [2.24, 2.45) is 0 Å². The number of benzene rings is 2. The summed E-state index contributed by atoms with van der Waals surface area (Å²) in [6.45, 7) is 0. The van der Waals surface area contributed by atoms with Crippen molar-refractivity contribution >= 4 is 0 Å². The molecule has 0 atom stereocenters. The van der Waals surface area contributed by atoms with Gasteiger partial charge in [0.2, 0.25) is 0 Å². The number of aromatic nitrogens is 2. The second kappa shape index (κ2) is 5.47. The predicted molar refractivity (Wildman–Crippen MR) is 89.2 cm³/mol. The lowest BCUT2D eigenvalue weighted by Crippen LogP contribution is -2.01. The maximum Gasteiger partial charge on any atom is 0.160 e. The van der Waals surface area contributed by atoms with Crippen molar-refractivity contribution in [2.75, 3.05) is 7.11 Å². The number of hydrogen-bond acceptors (Lipinski definition) is 3. The molecule has 0 saturated heterocycles. The molecule has 0 spiro atoms. The number of aryl methyl sites for hydroxylation is 2. The first-order chi connectivity index (χ1) is 11.3. The molecule has 2 aromatic carbocycles. The number of ether oxygens (including phenoxy) is 1. The molecule has 0 fully saturated rings. The molecule has 1 aliphatic carbocycles. The van der Waals surface area contributed by atoms with E-state index >= 15 is 0 Å². The summed E-state index contributed by atoms with van der Waals surface area (Å²) in [5.41, 5.74) is 5.55. The lowest BCUT2D eigenvalue weighted by atomic mass is 10.0. The summed E-state index contributed by atoms with van der Waals surface area (Å²) in [7, 11) is 1.58. The van der Waals surface area contributed by atoms with Crippen LogP contribution in [0.25, 0.3) is 16.9 Å². The number of phenols is 1. The van der Waals surface area contributed by atoms with E-state index in [0.29, 0.717) is 5.75 Å². The Hall–Kier alpha value is -2.75. The predicted octanol–water partition coefficient (Wildman–Crippen LogP) is 3.74. The van der Waals surface area contributed by atoms with E-state index in [-0.39, 0.29) is 5.75 Å². The fraction of sp³-hybridized carbons (Fsp3) is 0.211. The molecule has 0 bridgehead atoms. The molecule has 1 heterocycles. The van der Waals surface area contributed by atoms with Crippen LogP contribution in [0.5, 0.6) is 11.5 Å². The van der Waals surface area contributed by atoms with Crippen LogP contribution in [0.2, 0.25) is 0 Å². The van der Waals surface area contributed by atoms with Gasteiger partial charge in [0.25, 0.3) is 0 Å². The molecule has 1 aromatic heterocycles. The molecule has 116 valence electrons. The number of fused-ring (bicyclic) bond motifs is 3. The Kier molecular flexibility index (Phi) is 3.30. The van der Waals surface area contributed by atoms with E-state index in [1.54, 1.807) is 13.2 Å². The van der Waals surface area contributed by atoms with Gasteiger partial charge in [0, 0.05) is 5.56 Å². The third-order valence-electron chi connectivity index (χ3n) is 4.40. The molecule has 4 heteroatoms. The Morgan fingerprint density at radius 2 is 1.87 bits per heavy atom. The summed E-state index contributed by atoms with van der Waals surface area (Å²) in [5, 5.41) is 14.8. The van der Waals surface area contributed by atoms with Gasteiger partial charge < -0.3 is 9.84 Å². The van der Waals surface area contributed by atoms with Crippen molar-refractivity contribution < 1.29 is 9.84 Å². The van der Waals surface area contributed by atoms with Crippen molar-refractivity contribution in [3.8, 4) is 28.4 Å². The van der Waals surface area contributed by atoms with Gasteiger partial charge in [-0.15, -0.1) is 0 Å². The molecule has 3 aromatic rings. The summed E-state index contributed by atoms with van der Waals surface area (Å²) < 4.78 is 7.23. The van der Waals surface area contributed by atoms with Gasteiger partial charge in [-0.25, -0.2) is 4.68 Å². The lowest BCUT2D eigenvalue weighted by molar-refractivity contribution is 0.373. The first-order valence-electron chi connectivity index (χ1n) is 7.80. The van der Waals surface area contributed by atoms with Gasteiger partial charge in [-0.2, -0.15) is 5.10 Å². The van der Waals surface area contributed by atoms with Crippen LogP contribution in [0.1, 0.15) is 17.5 Å². The maximum absolute atomic E-state index is 10.2. The first kappa shape index (κ1) is 13.9. The molecule has 0 radical (unpaired) electrons. The molecule has 4 nitrogen and oxygen atoms in total. The van der Waals surface area contributed by atoms with Gasteiger partial charge in [0.05, 0.1) is 24.7 Å². The zero-order chi connectivity index (χ0) is 15.8. The maximum atomic E-state index is 10.2. The third-order valence-corrected chi connectivity index (χ3v) is 4.40. The van der Waals surface area contributed by atoms with Crippen LogP contribution in [0, 0.1) is 0 Å². The van der Waals surface area contributed by atoms with Crippen molar-refractivity contribution in [3.05, 3.63) is 59.8 Å². The van der Waals surface area contributed by atoms with Gasteiger partial charge in [-0.1, -0.05) is 18.2 Å². The normalized spacial score (nSPS) is 13.1. The highest BCUT2D eigenvalue weighted by molar-refractivity contribution is 5.73. The number of para-hydroxylation sites is 1. The van der Waals surface area contributed by atoms with Crippen LogP contribution in [0.3, 0.4) is 0 Å². The van der Waals surface area contributed by atoms with Crippen LogP contribution in [0.4, 0.5) is 0 Å². The lowest BCUT2D eigenvalue weighted by Gasteiger charge is -2.14. The monoisotopic (exact) mass is 306 g/mol. The molecular formula is C19H18N2O2. The third kappa shape index (κ3) is 2.27. The Labute approximate surface area is 135 Å². The van der Waals surface area contributed by atoms with Crippen LogP contribution in [-0.2, 0) is 12.8 Å². The van der Waals surface area contributed by atoms with Crippen LogP contribution < -0.4 is 4.74 Å². The molecule has 0 amide bonds. The Morgan fingerprint density at radius 1 is 1.09 bits per heavy atom. The van der Waals surface area contributed by atoms with E-state index in [9.17, 15) is 5.11 Å². The molecule has 4 rings (SSSR count). The average Bonchev–Trinajstić information content (AvgIpc) is 2.92. The molecule has 1 aliphatic rings. The number of rotatable bonds is 2. The zero-order valence-corrected chi connectivity index (χ0v) is 13.0. The Balaban J connectivity index is 1.97. The van der Waals surface area contributed by atoms with Gasteiger partial charge in [0.1, 0.15) is 0 Å². The summed E-state index contributed by atoms with van der Waals surface area (Å²) in [5.74, 6) is 0.692. The van der Waals surface area contributed by atoms with Crippen molar-refractivity contribution in [2.45, 2.75) is 19.3 Å². The van der Waals surface area contributed by atoms with E-state index in [0.717, 1.165) is 36.2 Å². The van der Waals surface area contributed by atoms with Crippen LogP contribution in [0.15, 0.2) is 48.7 Å². The summed E-state index contributed by atoms with van der Waals surface area (Å²) in [6.07, 6.45) is 4.96. The van der Waals surface area contributed by atoms with E-state index < -0.39 is 0 Å². The van der Waals surface area contributed by atoms with Crippen LogP contribution in [-0.4, -0.2) is 22.0 Å². The van der Waals surface area contributed by atoms with Gasteiger partial charge in [-0.05, 0) is 54.7 Å². The largest absolute Gasteiger partial charge is 0.504 e. The smallest absolute Gasteiger partial charge is 0.160 e. The molecular weight excluding hydrogens is 288 g/mol. The van der Waals surface area contributed by atoms with E-state index in [1.165, 1.54) is 11.1 Å². The fourth-order valence-corrected chi connectivity index (χ4v) is 3.29. The van der Waals surface area contributed by atoms with E-state index in [4.69, 9.17) is 4.74 Å². The number of phenolic OH excluding ortho intramolecular Hbond substituents is 1. The minimum absolute atomic E-state index is 0.167. The number of nitrogens with zero attached hydrogens (tertiary/aromatic N) is 2. The van der Waals surface area contributed by atoms with Gasteiger partial charge >= 0.3 is 0 Å². The van der Waals surface area contributed by atoms with Crippen molar-refractivity contribution in [1.82, 2.24) is 9.78 Å². The second-order valence-corrected chi connectivity index (χ2v) is 5.80. The Bertz CT molecular complexity index is 853. The fourth-order valence-electron chi connectivity index (χ4n) is 3.29. The molecule has 23 heavy (non-hydrogen) atoms. The highest BCUT2D eigenvalue weighted by Gasteiger charge is 2.22. The van der Waals surface area contributed by atoms with Crippen molar-refractivity contribution in [3.63, 3.8) is 0 Å². The van der Waals surface area contributed by atoms with Gasteiger partial charge in [0.15, 0.2) is 11.5 Å². The number of methoxy groups -OCH3 is 1. The SMILES string of the molecule is COc1cc2c(cc1O)-c1c(cnn1-c1ccccc1)CCC2. The topological polar surface area (TPSA) is 47.3 Å². The zero-order valence-electron chi connectivity index (χ0n) is 13.0. The molecule has 0 saturated carbocycles. The minimum Gasteiger partial charge on any atom is -0.504 e. The average molecular weight is 306 g/mol. The number of aromatic hydroxyl groups is 1. The molecule has 0 unspecified atom stereocenters. The molecule has 1 N–H and O–H groups in total. The Morgan fingerprint density at radius 3 is 2.65 bits per heavy atom. The summed E-state index contributed by atoms with van der Waals surface area (Å²) >= 11 is 0. The van der Waals surface area contributed by atoms with E-state index in [1.807, 2.05) is 47.3 Å². The first-order valence-corrected chi connectivity index (χ1v) is 7.80. The highest BCUT2D eigenvalue weighted by Crippen LogP contribution is 2.39. The van der Waals surface area contributed by atoms with E-state index in [2.05, 4.69) is 5.10 Å². The summed E-state index contributed by atoms with van der Waals surface area (Å²) in [6, 6.07) is 13.8. The standard InChI is InChI=1S/C19H18N2O2/c1-23-18-10-13-6-5-7-14-12-20-21(15-8-3-2-4-9-15)19(14)16(13)11-17(18)22/h2-4,8-12,22H,5-7H2,1H3. The second-order valence-electron chi connectivity index (χ2n) is 5.80. The van der Waals surface area contributed by atoms with Crippen LogP contribution >= 0.6 is 0 Å². The summed E-state index contributed by atoms with van der Waals surface area (Å²) in [4.78, 5) is 0. The minimum atomic E-state index is 0.167. The van der Waals surface area contributed by atoms with Crippen molar-refractivity contribution in [1.29, 1.82) is 0 Å². The quantitative estimate of drug-likeness (QED) is 0.784. The highest BCUT2D eigenvalue weighted by atomic mass is 16.5. The van der Waals surface area contributed by atoms with Gasteiger partial charge in [-0.3, -0.25) is 0 Å².